The molecule has 0 N–H and O–H groups in total. The average molecular weight is 161 g/mol. The molecule has 1 aliphatic heterocycles. The van der Waals surface area contributed by atoms with Gasteiger partial charge in [-0.2, -0.15) is 0 Å². The first kappa shape index (κ1) is 9.02. The van der Waals surface area contributed by atoms with E-state index in [1.54, 1.807) is 6.21 Å². The van der Waals surface area contributed by atoms with Gasteiger partial charge in [-0.1, -0.05) is 13.8 Å². The van der Waals surface area contributed by atoms with Crippen molar-refractivity contribution >= 4 is 6.21 Å². The standard InChI is InChI=1S/C11H15N/c1-10(2)5-6-11-4-3-8-12-9-7-11/h3,7-10H,5-6H2,1-2H3. The van der Waals surface area contributed by atoms with Crippen molar-refractivity contribution in [1.82, 2.24) is 0 Å². The molecular formula is C11H15N. The second-order valence-corrected chi connectivity index (χ2v) is 3.38. The van der Waals surface area contributed by atoms with Crippen molar-refractivity contribution in [3.8, 4) is 0 Å². The van der Waals surface area contributed by atoms with Crippen LogP contribution in [0.25, 0.3) is 0 Å². The lowest BCUT2D eigenvalue weighted by Crippen LogP contribution is -1.87. The molecule has 0 aliphatic carbocycles. The first-order valence-electron chi connectivity index (χ1n) is 4.43. The van der Waals surface area contributed by atoms with E-state index in [2.05, 4.69) is 24.6 Å². The second-order valence-electron chi connectivity index (χ2n) is 3.38. The molecule has 0 spiro atoms. The van der Waals surface area contributed by atoms with Crippen LogP contribution < -0.4 is 0 Å². The summed E-state index contributed by atoms with van der Waals surface area (Å²) in [7, 11) is 0. The number of rotatable bonds is 3. The highest BCUT2D eigenvalue weighted by molar-refractivity contribution is 5.72. The predicted molar refractivity (Wildman–Crippen MR) is 53.3 cm³/mol. The van der Waals surface area contributed by atoms with Crippen molar-refractivity contribution in [2.75, 3.05) is 0 Å². The SMILES string of the molecule is CC(C)CCC1=C=CC=NC=C1. The van der Waals surface area contributed by atoms with Gasteiger partial charge >= 0.3 is 0 Å². The molecule has 0 saturated carbocycles. The highest BCUT2D eigenvalue weighted by atomic mass is 14.7. The van der Waals surface area contributed by atoms with Gasteiger partial charge in [-0.15, -0.1) is 5.73 Å². The smallest absolute Gasteiger partial charge is 0.0345 e. The Morgan fingerprint density at radius 2 is 2.33 bits per heavy atom. The van der Waals surface area contributed by atoms with Gasteiger partial charge in [0.1, 0.15) is 0 Å². The first-order chi connectivity index (χ1) is 5.79. The fraction of sp³-hybridized carbons (Fsp3) is 0.455. The molecular weight excluding hydrogens is 146 g/mol. The van der Waals surface area contributed by atoms with Crippen LogP contribution in [0, 0.1) is 5.92 Å². The minimum atomic E-state index is 0.761. The quantitative estimate of drug-likeness (QED) is 0.564. The Morgan fingerprint density at radius 1 is 1.50 bits per heavy atom. The highest BCUT2D eigenvalue weighted by Gasteiger charge is 1.96. The van der Waals surface area contributed by atoms with E-state index < -0.39 is 0 Å². The van der Waals surface area contributed by atoms with Crippen LogP contribution in [0.4, 0.5) is 0 Å². The Kier molecular flexibility index (Phi) is 3.56. The van der Waals surface area contributed by atoms with E-state index in [1.165, 1.54) is 12.0 Å². The monoisotopic (exact) mass is 161 g/mol. The average Bonchev–Trinajstić information content (AvgIpc) is 2.28. The summed E-state index contributed by atoms with van der Waals surface area (Å²) in [6, 6.07) is 0. The number of nitrogens with zero attached hydrogens (tertiary/aromatic N) is 1. The fourth-order valence-corrected chi connectivity index (χ4v) is 1.02. The molecule has 0 fully saturated rings. The minimum Gasteiger partial charge on any atom is -0.264 e. The van der Waals surface area contributed by atoms with E-state index in [0.29, 0.717) is 0 Å². The normalized spacial score (nSPS) is 15.1. The molecule has 0 unspecified atom stereocenters. The molecule has 1 heteroatoms. The van der Waals surface area contributed by atoms with Crippen LogP contribution in [0.3, 0.4) is 0 Å². The lowest BCUT2D eigenvalue weighted by atomic mass is 10.0. The largest absolute Gasteiger partial charge is 0.264 e. The Bertz CT molecular complexity index is 250. The fourth-order valence-electron chi connectivity index (χ4n) is 1.02. The second kappa shape index (κ2) is 4.74. The molecule has 0 radical (unpaired) electrons. The third kappa shape index (κ3) is 3.36. The van der Waals surface area contributed by atoms with Crippen LogP contribution >= 0.6 is 0 Å². The summed E-state index contributed by atoms with van der Waals surface area (Å²) >= 11 is 0. The van der Waals surface area contributed by atoms with Crippen LogP contribution in [-0.4, -0.2) is 6.21 Å². The Hall–Kier alpha value is -1.07. The van der Waals surface area contributed by atoms with Crippen LogP contribution in [0.15, 0.2) is 34.6 Å². The zero-order chi connectivity index (χ0) is 8.81. The molecule has 0 atom stereocenters. The third-order valence-corrected chi connectivity index (χ3v) is 1.78. The minimum absolute atomic E-state index is 0.761. The van der Waals surface area contributed by atoms with E-state index in [4.69, 9.17) is 0 Å². The molecule has 1 heterocycles. The molecule has 0 amide bonds. The van der Waals surface area contributed by atoms with Crippen molar-refractivity contribution < 1.29 is 0 Å². The molecule has 0 aromatic rings. The van der Waals surface area contributed by atoms with E-state index in [-0.39, 0.29) is 0 Å². The molecule has 64 valence electrons. The summed E-state index contributed by atoms with van der Waals surface area (Å²) in [5.41, 5.74) is 4.44. The summed E-state index contributed by atoms with van der Waals surface area (Å²) in [5, 5.41) is 0. The zero-order valence-electron chi connectivity index (χ0n) is 7.75. The number of aliphatic imine (C=N–C) groups is 1. The lowest BCUT2D eigenvalue weighted by molar-refractivity contribution is 0.588. The molecule has 1 nitrogen and oxygen atoms in total. The Morgan fingerprint density at radius 3 is 3.08 bits per heavy atom. The molecule has 0 aromatic heterocycles. The van der Waals surface area contributed by atoms with Gasteiger partial charge in [0.2, 0.25) is 0 Å². The summed E-state index contributed by atoms with van der Waals surface area (Å²) in [6.07, 6.45) is 9.82. The van der Waals surface area contributed by atoms with Crippen molar-refractivity contribution in [3.63, 3.8) is 0 Å². The Balaban J connectivity index is 2.47. The zero-order valence-corrected chi connectivity index (χ0v) is 7.75. The van der Waals surface area contributed by atoms with Crippen LogP contribution in [0.1, 0.15) is 26.7 Å². The highest BCUT2D eigenvalue weighted by Crippen LogP contribution is 2.12. The van der Waals surface area contributed by atoms with Gasteiger partial charge < -0.3 is 0 Å². The van der Waals surface area contributed by atoms with Gasteiger partial charge in [0.15, 0.2) is 0 Å². The topological polar surface area (TPSA) is 12.4 Å². The first-order valence-corrected chi connectivity index (χ1v) is 4.43. The maximum atomic E-state index is 4.00. The number of hydrogen-bond acceptors (Lipinski definition) is 1. The number of allylic oxidation sites excluding steroid dienone is 2. The summed E-state index contributed by atoms with van der Waals surface area (Å²) in [5.74, 6) is 0.761. The van der Waals surface area contributed by atoms with E-state index in [9.17, 15) is 0 Å². The van der Waals surface area contributed by atoms with Gasteiger partial charge in [-0.3, -0.25) is 4.99 Å². The van der Waals surface area contributed by atoms with Gasteiger partial charge in [0, 0.05) is 12.4 Å². The lowest BCUT2D eigenvalue weighted by Gasteiger charge is -2.02. The van der Waals surface area contributed by atoms with Gasteiger partial charge in [-0.25, -0.2) is 0 Å². The van der Waals surface area contributed by atoms with Crippen molar-refractivity contribution in [3.05, 3.63) is 29.7 Å². The van der Waals surface area contributed by atoms with Gasteiger partial charge in [-0.05, 0) is 36.5 Å². The molecule has 0 aromatic carbocycles. The Labute approximate surface area is 74.2 Å². The van der Waals surface area contributed by atoms with Crippen LogP contribution in [0.2, 0.25) is 0 Å². The van der Waals surface area contributed by atoms with Gasteiger partial charge in [0.05, 0.1) is 0 Å². The number of hydrogen-bond donors (Lipinski definition) is 0. The van der Waals surface area contributed by atoms with Gasteiger partial charge in [0.25, 0.3) is 0 Å². The molecule has 0 bridgehead atoms. The third-order valence-electron chi connectivity index (χ3n) is 1.78. The summed E-state index contributed by atoms with van der Waals surface area (Å²) in [6.45, 7) is 4.47. The predicted octanol–water partition coefficient (Wildman–Crippen LogP) is 3.10. The van der Waals surface area contributed by atoms with Crippen LogP contribution in [0.5, 0.6) is 0 Å². The summed E-state index contributed by atoms with van der Waals surface area (Å²) < 4.78 is 0. The molecule has 1 rings (SSSR count). The summed E-state index contributed by atoms with van der Waals surface area (Å²) in [4.78, 5) is 4.00. The maximum Gasteiger partial charge on any atom is 0.0345 e. The van der Waals surface area contributed by atoms with E-state index in [0.717, 1.165) is 12.3 Å². The van der Waals surface area contributed by atoms with Crippen molar-refractivity contribution in [1.29, 1.82) is 0 Å². The molecule has 0 saturated heterocycles. The maximum absolute atomic E-state index is 4.00. The van der Waals surface area contributed by atoms with Crippen molar-refractivity contribution in [2.24, 2.45) is 10.9 Å². The molecule has 12 heavy (non-hydrogen) atoms. The van der Waals surface area contributed by atoms with E-state index >= 15 is 0 Å². The molecule has 1 aliphatic rings. The van der Waals surface area contributed by atoms with Crippen LogP contribution in [-0.2, 0) is 0 Å². The van der Waals surface area contributed by atoms with Crippen molar-refractivity contribution in [2.45, 2.75) is 26.7 Å². The van der Waals surface area contributed by atoms with E-state index in [1.807, 2.05) is 18.4 Å².